The van der Waals surface area contributed by atoms with Crippen molar-refractivity contribution in [1.82, 2.24) is 5.32 Å². The maximum Gasteiger partial charge on any atom is 0.171 e. The predicted molar refractivity (Wildman–Crippen MR) is 59.3 cm³/mol. The van der Waals surface area contributed by atoms with E-state index < -0.39 is 17.4 Å². The minimum absolute atomic E-state index is 0.0607. The molecule has 5 heteroatoms. The summed E-state index contributed by atoms with van der Waals surface area (Å²) >= 11 is 0. The number of ether oxygens (including phenoxy) is 1. The van der Waals surface area contributed by atoms with Gasteiger partial charge in [0.05, 0.1) is 7.11 Å². The first-order valence-electron chi connectivity index (χ1n) is 5.60. The molecule has 0 bridgehead atoms. The lowest BCUT2D eigenvalue weighted by Gasteiger charge is -2.14. The molecule has 1 aromatic carbocycles. The molecule has 0 saturated carbocycles. The number of hydrogen-bond acceptors (Lipinski definition) is 3. The summed E-state index contributed by atoms with van der Waals surface area (Å²) < 4.78 is 32.3. The molecule has 3 nitrogen and oxygen atoms in total. The molecule has 2 N–H and O–H groups in total. The minimum atomic E-state index is -0.892. The first-order chi connectivity index (χ1) is 8.13. The average Bonchev–Trinajstić information content (AvgIpc) is 2.82. The van der Waals surface area contributed by atoms with Gasteiger partial charge in [0.25, 0.3) is 0 Å². The normalized spacial score (nSPS) is 19.6. The molecule has 17 heavy (non-hydrogen) atoms. The van der Waals surface area contributed by atoms with Gasteiger partial charge in [-0.25, -0.2) is 8.78 Å². The summed E-state index contributed by atoms with van der Waals surface area (Å²) in [5.41, 5.74) is -0.110. The Kier molecular flexibility index (Phi) is 3.47. The minimum Gasteiger partial charge on any atom is -0.505 e. The highest BCUT2D eigenvalue weighted by atomic mass is 19.1. The fourth-order valence-corrected chi connectivity index (χ4v) is 2.16. The summed E-state index contributed by atoms with van der Waals surface area (Å²) in [5.74, 6) is -2.32. The Morgan fingerprint density at radius 1 is 1.47 bits per heavy atom. The summed E-state index contributed by atoms with van der Waals surface area (Å²) in [7, 11) is 1.29. The quantitative estimate of drug-likeness (QED) is 0.852. The van der Waals surface area contributed by atoms with Gasteiger partial charge in [0.2, 0.25) is 0 Å². The highest BCUT2D eigenvalue weighted by Gasteiger charge is 2.23. The van der Waals surface area contributed by atoms with Gasteiger partial charge in [-0.1, -0.05) is 0 Å². The van der Waals surface area contributed by atoms with Crippen LogP contribution in [-0.4, -0.2) is 24.8 Å². The van der Waals surface area contributed by atoms with E-state index in [1.807, 2.05) is 0 Å². The van der Waals surface area contributed by atoms with Crippen LogP contribution in [0, 0.1) is 11.6 Å². The van der Waals surface area contributed by atoms with Gasteiger partial charge in [0, 0.05) is 17.7 Å². The summed E-state index contributed by atoms with van der Waals surface area (Å²) in [4.78, 5) is 0. The second kappa shape index (κ2) is 4.87. The van der Waals surface area contributed by atoms with E-state index in [2.05, 4.69) is 5.32 Å². The molecule has 1 heterocycles. The van der Waals surface area contributed by atoms with E-state index in [0.29, 0.717) is 0 Å². The number of phenols is 1. The Bertz CT molecular complexity index is 417. The zero-order valence-electron chi connectivity index (χ0n) is 9.59. The van der Waals surface area contributed by atoms with Crippen LogP contribution in [0.25, 0.3) is 0 Å². The van der Waals surface area contributed by atoms with Gasteiger partial charge in [-0.2, -0.15) is 0 Å². The van der Waals surface area contributed by atoms with Gasteiger partial charge in [-0.15, -0.1) is 0 Å². The van der Waals surface area contributed by atoms with Crippen LogP contribution >= 0.6 is 0 Å². The van der Waals surface area contributed by atoms with Crippen molar-refractivity contribution in [2.45, 2.75) is 25.3 Å². The third-order valence-electron chi connectivity index (χ3n) is 3.07. The van der Waals surface area contributed by atoms with Crippen molar-refractivity contribution in [2.24, 2.45) is 0 Å². The first-order valence-corrected chi connectivity index (χ1v) is 5.60. The van der Waals surface area contributed by atoms with Crippen molar-refractivity contribution in [3.05, 3.63) is 23.3 Å². The van der Waals surface area contributed by atoms with Gasteiger partial charge >= 0.3 is 0 Å². The van der Waals surface area contributed by atoms with Crippen LogP contribution in [0.1, 0.15) is 18.4 Å². The summed E-state index contributed by atoms with van der Waals surface area (Å²) in [5, 5.41) is 12.5. The van der Waals surface area contributed by atoms with Crippen molar-refractivity contribution in [1.29, 1.82) is 0 Å². The molecule has 0 spiro atoms. The van der Waals surface area contributed by atoms with Crippen molar-refractivity contribution in [3.8, 4) is 11.5 Å². The van der Waals surface area contributed by atoms with E-state index in [1.54, 1.807) is 0 Å². The lowest BCUT2D eigenvalue weighted by atomic mass is 10.0. The Morgan fingerprint density at radius 3 is 2.82 bits per heavy atom. The lowest BCUT2D eigenvalue weighted by molar-refractivity contribution is 0.363. The Hall–Kier alpha value is -1.36. The molecule has 0 aliphatic carbocycles. The average molecular weight is 243 g/mol. The summed E-state index contributed by atoms with van der Waals surface area (Å²) in [6.45, 7) is 0.865. The smallest absolute Gasteiger partial charge is 0.171 e. The second-order valence-corrected chi connectivity index (χ2v) is 4.20. The van der Waals surface area contributed by atoms with Crippen LogP contribution in [0.3, 0.4) is 0 Å². The van der Waals surface area contributed by atoms with Crippen molar-refractivity contribution in [3.63, 3.8) is 0 Å². The number of hydrogen-bond donors (Lipinski definition) is 2. The number of benzene rings is 1. The zero-order valence-corrected chi connectivity index (χ0v) is 9.59. The highest BCUT2D eigenvalue weighted by Crippen LogP contribution is 2.31. The second-order valence-electron chi connectivity index (χ2n) is 4.20. The van der Waals surface area contributed by atoms with Gasteiger partial charge in [-0.3, -0.25) is 0 Å². The van der Waals surface area contributed by atoms with E-state index >= 15 is 0 Å². The molecule has 2 rings (SSSR count). The molecule has 1 atom stereocenters. The Labute approximate surface area is 98.4 Å². The molecular weight excluding hydrogens is 228 g/mol. The molecular formula is C12H15F2NO2. The van der Waals surface area contributed by atoms with E-state index in [9.17, 15) is 13.9 Å². The molecule has 1 unspecified atom stereocenters. The molecule has 1 aliphatic heterocycles. The number of nitrogens with one attached hydrogen (secondary N) is 1. The fourth-order valence-electron chi connectivity index (χ4n) is 2.16. The van der Waals surface area contributed by atoms with Crippen LogP contribution in [0.15, 0.2) is 6.07 Å². The van der Waals surface area contributed by atoms with Crippen LogP contribution in [0.5, 0.6) is 11.5 Å². The van der Waals surface area contributed by atoms with Gasteiger partial charge in [0.1, 0.15) is 0 Å². The third kappa shape index (κ3) is 2.34. The number of methoxy groups -OCH3 is 1. The van der Waals surface area contributed by atoms with E-state index in [1.165, 1.54) is 7.11 Å². The van der Waals surface area contributed by atoms with Crippen LogP contribution < -0.4 is 10.1 Å². The van der Waals surface area contributed by atoms with Crippen molar-refractivity contribution in [2.75, 3.05) is 13.7 Å². The van der Waals surface area contributed by atoms with Crippen LogP contribution in [0.4, 0.5) is 8.78 Å². The standard InChI is InChI=1S/C12H15F2NO2/c1-17-10-6-9(16)11(13)8(12(10)14)5-7-3-2-4-15-7/h6-7,15-16H,2-5H2,1H3. The molecule has 0 amide bonds. The third-order valence-corrected chi connectivity index (χ3v) is 3.07. The first kappa shape index (κ1) is 12.1. The molecule has 1 aromatic rings. The highest BCUT2D eigenvalue weighted by molar-refractivity contribution is 5.41. The Balaban J connectivity index is 2.33. The molecule has 1 saturated heterocycles. The molecule has 1 aliphatic rings. The fraction of sp³-hybridized carbons (Fsp3) is 0.500. The molecule has 1 fully saturated rings. The lowest BCUT2D eigenvalue weighted by Crippen LogP contribution is -2.24. The number of rotatable bonds is 3. The van der Waals surface area contributed by atoms with Gasteiger partial charge < -0.3 is 15.2 Å². The number of aromatic hydroxyl groups is 1. The monoisotopic (exact) mass is 243 g/mol. The van der Waals surface area contributed by atoms with Crippen LogP contribution in [-0.2, 0) is 6.42 Å². The van der Waals surface area contributed by atoms with Gasteiger partial charge in [-0.05, 0) is 25.8 Å². The molecule has 0 radical (unpaired) electrons. The van der Waals surface area contributed by atoms with Crippen molar-refractivity contribution < 1.29 is 18.6 Å². The summed E-state index contributed by atoms with van der Waals surface area (Å²) in [6.07, 6.45) is 2.11. The predicted octanol–water partition coefficient (Wildman–Crippen LogP) is 1.97. The molecule has 94 valence electrons. The number of phenolic OH excluding ortho intramolecular Hbond substituents is 1. The van der Waals surface area contributed by atoms with E-state index in [0.717, 1.165) is 25.5 Å². The Morgan fingerprint density at radius 2 is 2.24 bits per heavy atom. The van der Waals surface area contributed by atoms with E-state index in [4.69, 9.17) is 4.74 Å². The summed E-state index contributed by atoms with van der Waals surface area (Å²) in [6, 6.07) is 1.02. The van der Waals surface area contributed by atoms with E-state index in [-0.39, 0.29) is 23.8 Å². The maximum atomic E-state index is 13.9. The largest absolute Gasteiger partial charge is 0.505 e. The molecule has 0 aromatic heterocycles. The van der Waals surface area contributed by atoms with Gasteiger partial charge in [0.15, 0.2) is 23.1 Å². The topological polar surface area (TPSA) is 41.5 Å². The SMILES string of the molecule is COc1cc(O)c(F)c(CC2CCCN2)c1F. The number of halogens is 2. The maximum absolute atomic E-state index is 13.9. The van der Waals surface area contributed by atoms with Crippen LogP contribution in [0.2, 0.25) is 0 Å². The van der Waals surface area contributed by atoms with Crippen molar-refractivity contribution >= 4 is 0 Å². The zero-order chi connectivity index (χ0) is 12.4.